The van der Waals surface area contributed by atoms with Gasteiger partial charge >= 0.3 is 0 Å². The molecule has 1 aromatic carbocycles. The molecule has 0 aliphatic heterocycles. The zero-order valence-electron chi connectivity index (χ0n) is 10.9. The van der Waals surface area contributed by atoms with Gasteiger partial charge in [-0.2, -0.15) is 0 Å². The van der Waals surface area contributed by atoms with Crippen molar-refractivity contribution in [3.05, 3.63) is 29.3 Å². The van der Waals surface area contributed by atoms with Gasteiger partial charge in [-0.15, -0.1) is 0 Å². The van der Waals surface area contributed by atoms with E-state index in [-0.39, 0.29) is 18.6 Å². The van der Waals surface area contributed by atoms with E-state index in [1.54, 1.807) is 0 Å². The average molecular weight is 261 g/mol. The lowest BCUT2D eigenvalue weighted by molar-refractivity contribution is -0.123. The first kappa shape index (κ1) is 12.5. The number of nitrogens with one attached hydrogen (secondary N) is 1. The van der Waals surface area contributed by atoms with Gasteiger partial charge in [0.1, 0.15) is 5.75 Å². The van der Waals surface area contributed by atoms with Gasteiger partial charge in [0.15, 0.2) is 6.61 Å². The highest BCUT2D eigenvalue weighted by atomic mass is 16.5. The first-order valence-electron chi connectivity index (χ1n) is 6.93. The molecule has 3 rings (SSSR count). The molecule has 2 N–H and O–H groups in total. The van der Waals surface area contributed by atoms with Crippen molar-refractivity contribution in [1.82, 2.24) is 5.32 Å². The predicted molar refractivity (Wildman–Crippen MR) is 71.0 cm³/mol. The van der Waals surface area contributed by atoms with E-state index < -0.39 is 0 Å². The molecule has 0 heterocycles. The van der Waals surface area contributed by atoms with Gasteiger partial charge in [0.2, 0.25) is 0 Å². The minimum atomic E-state index is -0.387. The SMILES string of the molecule is O=C(COc1cccc2c1CCC2O)NCC1CC1. The molecule has 4 nitrogen and oxygen atoms in total. The van der Waals surface area contributed by atoms with E-state index in [2.05, 4.69) is 5.32 Å². The first-order valence-corrected chi connectivity index (χ1v) is 6.93. The highest BCUT2D eigenvalue weighted by Crippen LogP contribution is 2.36. The maximum Gasteiger partial charge on any atom is 0.257 e. The molecule has 1 saturated carbocycles. The monoisotopic (exact) mass is 261 g/mol. The quantitative estimate of drug-likeness (QED) is 0.846. The fraction of sp³-hybridized carbons (Fsp3) is 0.533. The highest BCUT2D eigenvalue weighted by Gasteiger charge is 2.24. The molecule has 102 valence electrons. The van der Waals surface area contributed by atoms with E-state index in [1.807, 2.05) is 18.2 Å². The number of hydrogen-bond donors (Lipinski definition) is 2. The van der Waals surface area contributed by atoms with Gasteiger partial charge in [-0.1, -0.05) is 12.1 Å². The number of aliphatic hydroxyl groups is 1. The van der Waals surface area contributed by atoms with Crippen LogP contribution in [0.25, 0.3) is 0 Å². The van der Waals surface area contributed by atoms with E-state index in [4.69, 9.17) is 4.74 Å². The third kappa shape index (κ3) is 2.89. The third-order valence-electron chi connectivity index (χ3n) is 3.84. The van der Waals surface area contributed by atoms with Crippen LogP contribution in [0.2, 0.25) is 0 Å². The number of amides is 1. The summed E-state index contributed by atoms with van der Waals surface area (Å²) in [6.45, 7) is 0.826. The molecule has 0 aromatic heterocycles. The zero-order valence-corrected chi connectivity index (χ0v) is 10.9. The highest BCUT2D eigenvalue weighted by molar-refractivity contribution is 5.77. The Labute approximate surface area is 112 Å². The van der Waals surface area contributed by atoms with Crippen molar-refractivity contribution in [2.24, 2.45) is 5.92 Å². The third-order valence-corrected chi connectivity index (χ3v) is 3.84. The van der Waals surface area contributed by atoms with Gasteiger partial charge < -0.3 is 15.2 Å². The number of benzene rings is 1. The number of aliphatic hydroxyl groups excluding tert-OH is 1. The Morgan fingerprint density at radius 3 is 3.00 bits per heavy atom. The molecule has 19 heavy (non-hydrogen) atoms. The smallest absolute Gasteiger partial charge is 0.257 e. The molecule has 0 radical (unpaired) electrons. The van der Waals surface area contributed by atoms with Crippen LogP contribution < -0.4 is 10.1 Å². The normalized spacial score (nSPS) is 21.0. The van der Waals surface area contributed by atoms with Crippen LogP contribution in [0, 0.1) is 5.92 Å². The maximum atomic E-state index is 11.6. The van der Waals surface area contributed by atoms with Gasteiger partial charge in [-0.25, -0.2) is 0 Å². The minimum Gasteiger partial charge on any atom is -0.483 e. The fourth-order valence-electron chi connectivity index (χ4n) is 2.51. The zero-order chi connectivity index (χ0) is 13.2. The van der Waals surface area contributed by atoms with Crippen LogP contribution in [-0.4, -0.2) is 24.2 Å². The van der Waals surface area contributed by atoms with Crippen LogP contribution in [-0.2, 0) is 11.2 Å². The number of ether oxygens (including phenoxy) is 1. The Balaban J connectivity index is 1.56. The molecule has 2 aliphatic rings. The molecular formula is C15H19NO3. The van der Waals surface area contributed by atoms with Crippen LogP contribution in [0.5, 0.6) is 5.75 Å². The van der Waals surface area contributed by atoms with Crippen molar-refractivity contribution in [2.75, 3.05) is 13.2 Å². The van der Waals surface area contributed by atoms with Crippen LogP contribution >= 0.6 is 0 Å². The standard InChI is InChI=1S/C15H19NO3/c17-13-7-6-12-11(13)2-1-3-14(12)19-9-15(18)16-8-10-4-5-10/h1-3,10,13,17H,4-9H2,(H,16,18). The molecule has 1 amide bonds. The molecule has 0 bridgehead atoms. The van der Waals surface area contributed by atoms with Crippen molar-refractivity contribution >= 4 is 5.91 Å². The molecule has 1 aromatic rings. The second-order valence-electron chi connectivity index (χ2n) is 5.41. The predicted octanol–water partition coefficient (Wildman–Crippen LogP) is 1.57. The van der Waals surface area contributed by atoms with Crippen LogP contribution in [0.3, 0.4) is 0 Å². The lowest BCUT2D eigenvalue weighted by Crippen LogP contribution is -2.30. The summed E-state index contributed by atoms with van der Waals surface area (Å²) in [5, 5.41) is 12.7. The summed E-state index contributed by atoms with van der Waals surface area (Å²) in [7, 11) is 0. The molecule has 1 unspecified atom stereocenters. The summed E-state index contributed by atoms with van der Waals surface area (Å²) >= 11 is 0. The van der Waals surface area contributed by atoms with Crippen LogP contribution in [0.1, 0.15) is 36.5 Å². The lowest BCUT2D eigenvalue weighted by Gasteiger charge is -2.11. The molecule has 0 saturated heterocycles. The Hall–Kier alpha value is -1.55. The average Bonchev–Trinajstić information content (AvgIpc) is 3.18. The maximum absolute atomic E-state index is 11.6. The van der Waals surface area contributed by atoms with Gasteiger partial charge in [-0.3, -0.25) is 4.79 Å². The van der Waals surface area contributed by atoms with E-state index in [0.717, 1.165) is 36.3 Å². The Bertz CT molecular complexity index is 482. The van der Waals surface area contributed by atoms with Crippen molar-refractivity contribution in [3.8, 4) is 5.75 Å². The Morgan fingerprint density at radius 1 is 1.37 bits per heavy atom. The first-order chi connectivity index (χ1) is 9.24. The van der Waals surface area contributed by atoms with Gasteiger partial charge in [-0.05, 0) is 43.2 Å². The van der Waals surface area contributed by atoms with Crippen molar-refractivity contribution in [1.29, 1.82) is 0 Å². The van der Waals surface area contributed by atoms with E-state index in [1.165, 1.54) is 12.8 Å². The number of hydrogen-bond acceptors (Lipinski definition) is 3. The van der Waals surface area contributed by atoms with E-state index in [9.17, 15) is 9.90 Å². The lowest BCUT2D eigenvalue weighted by atomic mass is 10.1. The van der Waals surface area contributed by atoms with Crippen molar-refractivity contribution in [2.45, 2.75) is 31.8 Å². The second-order valence-corrected chi connectivity index (χ2v) is 5.41. The summed E-state index contributed by atoms with van der Waals surface area (Å²) in [5.74, 6) is 1.35. The van der Waals surface area contributed by atoms with Crippen molar-refractivity contribution < 1.29 is 14.6 Å². The topological polar surface area (TPSA) is 58.6 Å². The summed E-state index contributed by atoms with van der Waals surface area (Å²) in [4.78, 5) is 11.6. The molecule has 4 heteroatoms. The molecule has 1 atom stereocenters. The molecule has 2 aliphatic carbocycles. The molecular weight excluding hydrogens is 242 g/mol. The van der Waals surface area contributed by atoms with Crippen LogP contribution in [0.4, 0.5) is 0 Å². The summed E-state index contributed by atoms with van der Waals surface area (Å²) in [5.41, 5.74) is 1.99. The summed E-state index contributed by atoms with van der Waals surface area (Å²) in [6, 6.07) is 5.66. The summed E-state index contributed by atoms with van der Waals surface area (Å²) < 4.78 is 5.59. The van der Waals surface area contributed by atoms with Gasteiger partial charge in [0.25, 0.3) is 5.91 Å². The van der Waals surface area contributed by atoms with E-state index in [0.29, 0.717) is 5.92 Å². The molecule has 0 spiro atoms. The number of rotatable bonds is 5. The van der Waals surface area contributed by atoms with E-state index >= 15 is 0 Å². The number of fused-ring (bicyclic) bond motifs is 1. The van der Waals surface area contributed by atoms with Crippen LogP contribution in [0.15, 0.2) is 18.2 Å². The fourth-order valence-corrected chi connectivity index (χ4v) is 2.51. The van der Waals surface area contributed by atoms with Gasteiger partial charge in [0, 0.05) is 12.1 Å². The molecule has 1 fully saturated rings. The summed E-state index contributed by atoms with van der Waals surface area (Å²) in [6.07, 6.45) is 3.62. The minimum absolute atomic E-state index is 0.0548. The van der Waals surface area contributed by atoms with Gasteiger partial charge in [0.05, 0.1) is 6.10 Å². The second kappa shape index (κ2) is 5.21. The largest absolute Gasteiger partial charge is 0.483 e. The number of carbonyl (C=O) groups is 1. The Kier molecular flexibility index (Phi) is 3.42. The van der Waals surface area contributed by atoms with Crippen molar-refractivity contribution in [3.63, 3.8) is 0 Å². The Morgan fingerprint density at radius 2 is 2.21 bits per heavy atom. The number of carbonyl (C=O) groups excluding carboxylic acids is 1.